The number of carboxylic acid groups (broad SMARTS) is 1. The maximum Gasteiger partial charge on any atom is 0.335 e. The van der Waals surface area contributed by atoms with Crippen LogP contribution in [0.15, 0.2) is 66.7 Å². The van der Waals surface area contributed by atoms with E-state index in [1.807, 2.05) is 30.3 Å². The summed E-state index contributed by atoms with van der Waals surface area (Å²) in [5.41, 5.74) is 5.78. The maximum absolute atomic E-state index is 11.1. The molecule has 0 heterocycles. The molecule has 3 aromatic rings. The number of aromatic carboxylic acids is 1. The average molecular weight is 422 g/mol. The normalized spacial score (nSPS) is 16.7. The lowest BCUT2D eigenvalue weighted by molar-refractivity contribution is 0.0697. The Balaban J connectivity index is 1.43. The van der Waals surface area contributed by atoms with Gasteiger partial charge in [-0.15, -0.1) is 0 Å². The zero-order chi connectivity index (χ0) is 21.1. The van der Waals surface area contributed by atoms with Gasteiger partial charge in [-0.05, 0) is 59.7 Å². The zero-order valence-corrected chi connectivity index (χ0v) is 17.3. The Morgan fingerprint density at radius 3 is 2.50 bits per heavy atom. The summed E-state index contributed by atoms with van der Waals surface area (Å²) < 4.78 is 0. The Morgan fingerprint density at radius 1 is 1.03 bits per heavy atom. The van der Waals surface area contributed by atoms with Crippen LogP contribution in [-0.4, -0.2) is 28.8 Å². The summed E-state index contributed by atoms with van der Waals surface area (Å²) in [6.07, 6.45) is 2.27. The molecule has 3 N–H and O–H groups in total. The molecule has 4 nitrogen and oxygen atoms in total. The average Bonchev–Trinajstić information content (AvgIpc) is 2.77. The molecule has 0 bridgehead atoms. The molecule has 2 atom stereocenters. The molecule has 0 aliphatic heterocycles. The molecule has 5 heteroatoms. The van der Waals surface area contributed by atoms with E-state index in [-0.39, 0.29) is 5.56 Å². The first-order valence-electron chi connectivity index (χ1n) is 10.1. The molecule has 0 fully saturated rings. The van der Waals surface area contributed by atoms with E-state index in [0.29, 0.717) is 17.6 Å². The number of benzene rings is 3. The van der Waals surface area contributed by atoms with Crippen LogP contribution in [0.1, 0.15) is 39.6 Å². The van der Waals surface area contributed by atoms with Crippen LogP contribution in [0.4, 0.5) is 0 Å². The minimum absolute atomic E-state index is 0.290. The Bertz CT molecular complexity index is 1050. The first-order valence-corrected chi connectivity index (χ1v) is 10.5. The molecule has 0 aromatic heterocycles. The van der Waals surface area contributed by atoms with Gasteiger partial charge in [-0.1, -0.05) is 60.1 Å². The molecule has 30 heavy (non-hydrogen) atoms. The van der Waals surface area contributed by atoms with Crippen molar-refractivity contribution in [3.05, 3.63) is 94.0 Å². The smallest absolute Gasteiger partial charge is 0.335 e. The van der Waals surface area contributed by atoms with Gasteiger partial charge in [0.1, 0.15) is 0 Å². The van der Waals surface area contributed by atoms with Crippen LogP contribution in [0.25, 0.3) is 11.1 Å². The third-order valence-corrected chi connectivity index (χ3v) is 6.11. The second-order valence-corrected chi connectivity index (χ2v) is 8.16. The van der Waals surface area contributed by atoms with Gasteiger partial charge in [0, 0.05) is 23.2 Å². The molecule has 0 unspecified atom stereocenters. The van der Waals surface area contributed by atoms with E-state index in [4.69, 9.17) is 16.7 Å². The van der Waals surface area contributed by atoms with Gasteiger partial charge in [-0.2, -0.15) is 0 Å². The van der Waals surface area contributed by atoms with Crippen molar-refractivity contribution >= 4 is 17.6 Å². The molecule has 0 amide bonds. The van der Waals surface area contributed by atoms with E-state index in [1.165, 1.54) is 11.1 Å². The third-order valence-electron chi connectivity index (χ3n) is 5.76. The number of nitrogens with one attached hydrogen (secondary N) is 1. The van der Waals surface area contributed by atoms with Gasteiger partial charge in [-0.25, -0.2) is 4.79 Å². The van der Waals surface area contributed by atoms with Gasteiger partial charge in [-0.3, -0.25) is 0 Å². The summed E-state index contributed by atoms with van der Waals surface area (Å²) in [5.74, 6) is -0.917. The van der Waals surface area contributed by atoms with Crippen LogP contribution >= 0.6 is 11.6 Å². The minimum Gasteiger partial charge on any atom is -0.478 e. The molecule has 0 radical (unpaired) electrons. The van der Waals surface area contributed by atoms with Crippen molar-refractivity contribution in [3.63, 3.8) is 0 Å². The highest BCUT2D eigenvalue weighted by Crippen LogP contribution is 2.28. The van der Waals surface area contributed by atoms with E-state index >= 15 is 0 Å². The van der Waals surface area contributed by atoms with Crippen LogP contribution < -0.4 is 5.32 Å². The predicted molar refractivity (Wildman–Crippen MR) is 119 cm³/mol. The number of halogens is 1. The molecule has 0 saturated carbocycles. The number of hydrogen-bond acceptors (Lipinski definition) is 3. The highest BCUT2D eigenvalue weighted by atomic mass is 35.5. The van der Waals surface area contributed by atoms with Crippen molar-refractivity contribution in [1.82, 2.24) is 5.32 Å². The minimum atomic E-state index is -0.917. The topological polar surface area (TPSA) is 69.6 Å². The second-order valence-electron chi connectivity index (χ2n) is 7.75. The summed E-state index contributed by atoms with van der Waals surface area (Å²) in [6.45, 7) is 0.458. The van der Waals surface area contributed by atoms with Crippen molar-refractivity contribution in [3.8, 4) is 11.1 Å². The van der Waals surface area contributed by atoms with Crippen molar-refractivity contribution in [2.75, 3.05) is 6.54 Å². The largest absolute Gasteiger partial charge is 0.478 e. The molecule has 4 rings (SSSR count). The van der Waals surface area contributed by atoms with E-state index in [1.54, 1.807) is 18.2 Å². The van der Waals surface area contributed by atoms with Gasteiger partial charge < -0.3 is 15.5 Å². The quantitative estimate of drug-likeness (QED) is 0.530. The van der Waals surface area contributed by atoms with Crippen molar-refractivity contribution in [2.24, 2.45) is 0 Å². The fourth-order valence-electron chi connectivity index (χ4n) is 4.05. The number of fused-ring (bicyclic) bond motifs is 1. The molecule has 1 aliphatic carbocycles. The van der Waals surface area contributed by atoms with Gasteiger partial charge in [0.2, 0.25) is 0 Å². The first-order chi connectivity index (χ1) is 14.5. The summed E-state index contributed by atoms with van der Waals surface area (Å²) in [7, 11) is 0. The number of aryl methyl sites for hydroxylation is 1. The lowest BCUT2D eigenvalue weighted by Crippen LogP contribution is -2.37. The zero-order valence-electron chi connectivity index (χ0n) is 16.5. The summed E-state index contributed by atoms with van der Waals surface area (Å²) in [4.78, 5) is 11.1. The molecular weight excluding hydrogens is 398 g/mol. The van der Waals surface area contributed by atoms with Gasteiger partial charge >= 0.3 is 5.97 Å². The number of hydrogen-bond donors (Lipinski definition) is 3. The number of rotatable bonds is 6. The van der Waals surface area contributed by atoms with Crippen LogP contribution in [0.5, 0.6) is 0 Å². The van der Waals surface area contributed by atoms with Gasteiger partial charge in [0.15, 0.2) is 0 Å². The summed E-state index contributed by atoms with van der Waals surface area (Å²) >= 11 is 6.19. The monoisotopic (exact) mass is 421 g/mol. The lowest BCUT2D eigenvalue weighted by Gasteiger charge is -2.27. The van der Waals surface area contributed by atoms with E-state index in [9.17, 15) is 9.90 Å². The Morgan fingerprint density at radius 2 is 1.77 bits per heavy atom. The highest BCUT2D eigenvalue weighted by molar-refractivity contribution is 6.31. The molecule has 0 saturated heterocycles. The molecule has 0 spiro atoms. The van der Waals surface area contributed by atoms with Crippen molar-refractivity contribution in [1.29, 1.82) is 0 Å². The number of aliphatic hydroxyl groups excluding tert-OH is 1. The standard InChI is InChI=1S/C25H24ClNO3/c26-23-4-2-1-3-22(23)24(28)15-27-21-12-11-17-7-10-19(13-20(17)14-21)16-5-8-18(9-6-16)25(29)30/h1-10,13,21,24,27-28H,11-12,14-15H2,(H,29,30)/t21-,24+/m0/s1. The molecule has 1 aliphatic rings. The number of carbonyl (C=O) groups is 1. The molecular formula is C25H24ClNO3. The summed E-state index contributed by atoms with van der Waals surface area (Å²) in [6, 6.07) is 21.1. The first kappa shape index (κ1) is 20.6. The van der Waals surface area contributed by atoms with E-state index < -0.39 is 12.1 Å². The maximum atomic E-state index is 11.1. The van der Waals surface area contributed by atoms with E-state index in [2.05, 4.69) is 23.5 Å². The molecule has 3 aromatic carbocycles. The fraction of sp³-hybridized carbons (Fsp3) is 0.240. The lowest BCUT2D eigenvalue weighted by atomic mass is 9.86. The van der Waals surface area contributed by atoms with Crippen molar-refractivity contribution < 1.29 is 15.0 Å². The number of aliphatic hydroxyl groups is 1. The Labute approximate surface area is 181 Å². The van der Waals surface area contributed by atoms with Gasteiger partial charge in [0.25, 0.3) is 0 Å². The fourth-order valence-corrected chi connectivity index (χ4v) is 4.31. The van der Waals surface area contributed by atoms with Crippen molar-refractivity contribution in [2.45, 2.75) is 31.4 Å². The van der Waals surface area contributed by atoms with Gasteiger partial charge in [0.05, 0.1) is 11.7 Å². The predicted octanol–water partition coefficient (Wildman–Crippen LogP) is 4.89. The third kappa shape index (κ3) is 4.57. The van der Waals surface area contributed by atoms with Crippen LogP contribution in [0, 0.1) is 0 Å². The summed E-state index contributed by atoms with van der Waals surface area (Å²) in [5, 5.41) is 23.6. The molecule has 154 valence electrons. The Hall–Kier alpha value is -2.66. The van der Waals surface area contributed by atoms with E-state index in [0.717, 1.165) is 36.0 Å². The Kier molecular flexibility index (Phi) is 6.18. The SMILES string of the molecule is O=C(O)c1ccc(-c2ccc3c(c2)C[C@@H](NC[C@@H](O)c2ccccc2Cl)CC3)cc1. The van der Waals surface area contributed by atoms with Crippen LogP contribution in [0.2, 0.25) is 5.02 Å². The highest BCUT2D eigenvalue weighted by Gasteiger charge is 2.20. The van der Waals surface area contributed by atoms with Crippen LogP contribution in [0.3, 0.4) is 0 Å². The van der Waals surface area contributed by atoms with Crippen LogP contribution in [-0.2, 0) is 12.8 Å². The number of carboxylic acids is 1. The second kappa shape index (κ2) is 9.00.